The maximum atomic E-state index is 13.3. The van der Waals surface area contributed by atoms with Gasteiger partial charge in [0.05, 0.1) is 0 Å². The molecule has 1 saturated carbocycles. The smallest absolute Gasteiger partial charge is 0.136 e. The van der Waals surface area contributed by atoms with Gasteiger partial charge in [-0.2, -0.15) is 0 Å². The lowest BCUT2D eigenvalue weighted by Crippen LogP contribution is -2.03. The van der Waals surface area contributed by atoms with Crippen molar-refractivity contribution in [3.8, 4) is 0 Å². The summed E-state index contributed by atoms with van der Waals surface area (Å²) in [7, 11) is 0. The molecule has 0 heterocycles. The van der Waals surface area contributed by atoms with Gasteiger partial charge in [0.25, 0.3) is 0 Å². The summed E-state index contributed by atoms with van der Waals surface area (Å²) in [6.07, 6.45) is 9.63. The summed E-state index contributed by atoms with van der Waals surface area (Å²) in [6.45, 7) is 0. The zero-order chi connectivity index (χ0) is 7.03. The molecule has 0 N–H and O–H groups in total. The molecule has 0 atom stereocenters. The summed E-state index contributed by atoms with van der Waals surface area (Å²) < 4.78 is 13.3. The molecule has 1 heteroatoms. The molecule has 2 rings (SSSR count). The summed E-state index contributed by atoms with van der Waals surface area (Å²) in [5.74, 6) is 0. The Morgan fingerprint density at radius 2 is 2.10 bits per heavy atom. The summed E-state index contributed by atoms with van der Waals surface area (Å²) in [5, 5.41) is 0. The van der Waals surface area contributed by atoms with Crippen molar-refractivity contribution in [2.24, 2.45) is 0 Å². The van der Waals surface area contributed by atoms with Gasteiger partial charge in [0.2, 0.25) is 0 Å². The van der Waals surface area contributed by atoms with E-state index in [4.69, 9.17) is 0 Å². The maximum Gasteiger partial charge on any atom is 0.136 e. The molecule has 0 unspecified atom stereocenters. The lowest BCUT2D eigenvalue weighted by Gasteiger charge is -2.09. The monoisotopic (exact) mass is 138 g/mol. The quantitative estimate of drug-likeness (QED) is 0.522. The summed E-state index contributed by atoms with van der Waals surface area (Å²) in [5.41, 5.74) is 0.0236. The van der Waals surface area contributed by atoms with Crippen molar-refractivity contribution < 1.29 is 4.39 Å². The number of rotatable bonds is 1. The van der Waals surface area contributed by atoms with Gasteiger partial charge in [-0.15, -0.1) is 0 Å². The van der Waals surface area contributed by atoms with Crippen molar-refractivity contribution >= 4 is 0 Å². The number of hydrogen-bond acceptors (Lipinski definition) is 0. The Morgan fingerprint density at radius 1 is 1.30 bits per heavy atom. The highest BCUT2D eigenvalue weighted by atomic mass is 19.1. The van der Waals surface area contributed by atoms with Gasteiger partial charge in [-0.1, -0.05) is 18.2 Å². The van der Waals surface area contributed by atoms with Crippen LogP contribution in [0.2, 0.25) is 0 Å². The Hall–Kier alpha value is -0.590. The van der Waals surface area contributed by atoms with E-state index in [1.807, 2.05) is 12.2 Å². The van der Waals surface area contributed by atoms with E-state index in [2.05, 4.69) is 6.08 Å². The summed E-state index contributed by atoms with van der Waals surface area (Å²) in [4.78, 5) is 0. The van der Waals surface area contributed by atoms with E-state index in [-0.39, 0.29) is 0 Å². The SMILES string of the molecule is FC1(C2=CCCC=C2)CC1. The second-order valence-corrected chi connectivity index (χ2v) is 3.10. The minimum Gasteiger partial charge on any atom is -0.239 e. The second-order valence-electron chi connectivity index (χ2n) is 3.10. The highest BCUT2D eigenvalue weighted by Gasteiger charge is 2.45. The van der Waals surface area contributed by atoms with Gasteiger partial charge in [0.1, 0.15) is 5.67 Å². The van der Waals surface area contributed by atoms with Gasteiger partial charge in [-0.3, -0.25) is 0 Å². The zero-order valence-electron chi connectivity index (χ0n) is 5.94. The van der Waals surface area contributed by atoms with E-state index in [9.17, 15) is 4.39 Å². The van der Waals surface area contributed by atoms with Crippen LogP contribution >= 0.6 is 0 Å². The molecule has 0 bridgehead atoms. The van der Waals surface area contributed by atoms with Crippen LogP contribution in [0.25, 0.3) is 0 Å². The molecule has 0 spiro atoms. The fraction of sp³-hybridized carbons (Fsp3) is 0.556. The summed E-state index contributed by atoms with van der Waals surface area (Å²) >= 11 is 0. The third-order valence-corrected chi connectivity index (χ3v) is 2.20. The van der Waals surface area contributed by atoms with E-state index in [0.29, 0.717) is 0 Å². The predicted octanol–water partition coefficient (Wildman–Crippen LogP) is 2.76. The normalized spacial score (nSPS) is 27.9. The van der Waals surface area contributed by atoms with Gasteiger partial charge < -0.3 is 0 Å². The van der Waals surface area contributed by atoms with Crippen LogP contribution in [0.15, 0.2) is 23.8 Å². The second kappa shape index (κ2) is 1.94. The van der Waals surface area contributed by atoms with E-state index >= 15 is 0 Å². The van der Waals surface area contributed by atoms with Gasteiger partial charge in [0, 0.05) is 0 Å². The lowest BCUT2D eigenvalue weighted by atomic mass is 10.0. The largest absolute Gasteiger partial charge is 0.239 e. The molecular weight excluding hydrogens is 127 g/mol. The Bertz CT molecular complexity index is 197. The van der Waals surface area contributed by atoms with Crippen LogP contribution in [-0.4, -0.2) is 5.67 Å². The lowest BCUT2D eigenvalue weighted by molar-refractivity contribution is 0.365. The van der Waals surface area contributed by atoms with Crippen molar-refractivity contribution in [2.45, 2.75) is 31.4 Å². The van der Waals surface area contributed by atoms with Gasteiger partial charge in [0.15, 0.2) is 0 Å². The molecule has 0 saturated heterocycles. The highest BCUT2D eigenvalue weighted by Crippen LogP contribution is 2.47. The van der Waals surface area contributed by atoms with Crippen LogP contribution in [0.5, 0.6) is 0 Å². The zero-order valence-corrected chi connectivity index (χ0v) is 5.94. The van der Waals surface area contributed by atoms with Crippen LogP contribution in [0.4, 0.5) is 4.39 Å². The number of hydrogen-bond donors (Lipinski definition) is 0. The van der Waals surface area contributed by atoms with Crippen molar-refractivity contribution in [2.75, 3.05) is 0 Å². The minimum absolute atomic E-state index is 0.739. The van der Waals surface area contributed by atoms with Gasteiger partial charge >= 0.3 is 0 Å². The topological polar surface area (TPSA) is 0 Å². The Balaban J connectivity index is 2.17. The number of allylic oxidation sites excluding steroid dienone is 4. The van der Waals surface area contributed by atoms with Crippen molar-refractivity contribution in [1.82, 2.24) is 0 Å². The first-order valence-corrected chi connectivity index (χ1v) is 3.87. The molecular formula is C9H11F. The van der Waals surface area contributed by atoms with Crippen LogP contribution in [0.3, 0.4) is 0 Å². The van der Waals surface area contributed by atoms with Crippen molar-refractivity contribution in [3.63, 3.8) is 0 Å². The molecule has 2 aliphatic rings. The average molecular weight is 138 g/mol. The average Bonchev–Trinajstić information content (AvgIpc) is 2.72. The van der Waals surface area contributed by atoms with E-state index < -0.39 is 5.67 Å². The van der Waals surface area contributed by atoms with E-state index in [1.165, 1.54) is 0 Å². The predicted molar refractivity (Wildman–Crippen MR) is 39.5 cm³/mol. The minimum atomic E-state index is -0.906. The molecule has 0 amide bonds. The first kappa shape index (κ1) is 6.14. The maximum absolute atomic E-state index is 13.3. The first-order valence-electron chi connectivity index (χ1n) is 3.87. The first-order chi connectivity index (χ1) is 4.81. The van der Waals surface area contributed by atoms with Gasteiger partial charge in [-0.05, 0) is 31.3 Å². The molecule has 0 aromatic rings. The van der Waals surface area contributed by atoms with Gasteiger partial charge in [-0.25, -0.2) is 4.39 Å². The molecule has 2 aliphatic carbocycles. The molecule has 0 radical (unpaired) electrons. The molecule has 0 aliphatic heterocycles. The van der Waals surface area contributed by atoms with Crippen LogP contribution < -0.4 is 0 Å². The molecule has 0 nitrogen and oxygen atoms in total. The molecule has 1 fully saturated rings. The fourth-order valence-electron chi connectivity index (χ4n) is 1.34. The van der Waals surface area contributed by atoms with Crippen LogP contribution in [0.1, 0.15) is 25.7 Å². The van der Waals surface area contributed by atoms with Crippen molar-refractivity contribution in [3.05, 3.63) is 23.8 Å². The van der Waals surface area contributed by atoms with Crippen LogP contribution in [0, 0.1) is 0 Å². The molecule has 0 aromatic carbocycles. The van der Waals surface area contributed by atoms with E-state index in [0.717, 1.165) is 31.3 Å². The number of alkyl halides is 1. The molecule has 0 aromatic heterocycles. The molecule has 10 heavy (non-hydrogen) atoms. The number of halogens is 1. The standard InChI is InChI=1S/C9H11F/c10-9(6-7-9)8-4-2-1-3-5-8/h2,4-5H,1,3,6-7H2. The van der Waals surface area contributed by atoms with Crippen molar-refractivity contribution in [1.29, 1.82) is 0 Å². The Morgan fingerprint density at radius 3 is 2.60 bits per heavy atom. The third-order valence-electron chi connectivity index (χ3n) is 2.20. The fourth-order valence-corrected chi connectivity index (χ4v) is 1.34. The van der Waals surface area contributed by atoms with Crippen LogP contribution in [-0.2, 0) is 0 Å². The summed E-state index contributed by atoms with van der Waals surface area (Å²) in [6, 6.07) is 0. The van der Waals surface area contributed by atoms with E-state index in [1.54, 1.807) is 0 Å². The third kappa shape index (κ3) is 0.898. The molecule has 54 valence electrons. The highest BCUT2D eigenvalue weighted by molar-refractivity contribution is 5.36. The Kier molecular flexibility index (Phi) is 1.19. The Labute approximate surface area is 60.4 Å².